The monoisotopic (exact) mass is 194 g/mol. The zero-order valence-corrected chi connectivity index (χ0v) is 7.42. The Morgan fingerprint density at radius 2 is 2.23 bits per heavy atom. The van der Waals surface area contributed by atoms with Crippen molar-refractivity contribution >= 4 is 17.3 Å². The molecule has 2 rings (SSSR count). The van der Waals surface area contributed by atoms with Gasteiger partial charge >= 0.3 is 0 Å². The minimum absolute atomic E-state index is 0.515. The van der Waals surface area contributed by atoms with Crippen molar-refractivity contribution in [3.63, 3.8) is 0 Å². The zero-order chi connectivity index (χ0) is 9.26. The van der Waals surface area contributed by atoms with Crippen LogP contribution < -0.4 is 5.73 Å². The number of rotatable bonds is 1. The van der Waals surface area contributed by atoms with Crippen LogP contribution >= 0.6 is 11.6 Å². The molecule has 0 atom stereocenters. The lowest BCUT2D eigenvalue weighted by Crippen LogP contribution is -1.92. The number of hydrogen-bond acceptors (Lipinski definition) is 3. The maximum atomic E-state index is 5.84. The van der Waals surface area contributed by atoms with Gasteiger partial charge in [-0.15, -0.1) is 0 Å². The molecule has 0 aliphatic rings. The Kier molecular flexibility index (Phi) is 1.90. The van der Waals surface area contributed by atoms with Gasteiger partial charge in [0.05, 0.1) is 10.7 Å². The van der Waals surface area contributed by atoms with E-state index in [-0.39, 0.29) is 0 Å². The number of aromatic nitrogens is 3. The Morgan fingerprint density at radius 1 is 1.38 bits per heavy atom. The van der Waals surface area contributed by atoms with E-state index in [2.05, 4.69) is 15.2 Å². The average molecular weight is 195 g/mol. The number of nitrogen functional groups attached to an aromatic ring is 1. The average Bonchev–Trinajstić information content (AvgIpc) is 2.62. The Balaban J connectivity index is 2.59. The van der Waals surface area contributed by atoms with Gasteiger partial charge in [0.1, 0.15) is 6.33 Å². The van der Waals surface area contributed by atoms with Gasteiger partial charge in [-0.2, -0.15) is 5.10 Å². The second kappa shape index (κ2) is 3.06. The van der Waals surface area contributed by atoms with Crippen LogP contribution in [0.4, 0.5) is 5.69 Å². The number of nitrogens with zero attached hydrogens (tertiary/aromatic N) is 2. The van der Waals surface area contributed by atoms with Crippen molar-refractivity contribution in [1.29, 1.82) is 0 Å². The molecule has 0 aliphatic heterocycles. The number of nitrogens with one attached hydrogen (secondary N) is 1. The molecule has 0 spiro atoms. The third-order valence-corrected chi connectivity index (χ3v) is 2.05. The molecule has 0 saturated heterocycles. The van der Waals surface area contributed by atoms with E-state index >= 15 is 0 Å². The Morgan fingerprint density at radius 3 is 2.92 bits per heavy atom. The van der Waals surface area contributed by atoms with Crippen LogP contribution in [0, 0.1) is 0 Å². The highest BCUT2D eigenvalue weighted by atomic mass is 35.5. The smallest absolute Gasteiger partial charge is 0.157 e. The maximum Gasteiger partial charge on any atom is 0.157 e. The Bertz CT molecular complexity index is 410. The lowest BCUT2D eigenvalue weighted by molar-refractivity contribution is 1.10. The minimum atomic E-state index is 0.515. The van der Waals surface area contributed by atoms with Crippen LogP contribution in [0.25, 0.3) is 11.4 Å². The molecule has 1 heterocycles. The standard InChI is InChI=1S/C8H7ClN4/c9-6-3-1-2-5(7(6)10)8-11-4-12-13-8/h1-4H,10H2,(H,11,12,13). The number of hydrogen-bond donors (Lipinski definition) is 2. The van der Waals surface area contributed by atoms with E-state index in [1.165, 1.54) is 6.33 Å². The van der Waals surface area contributed by atoms with Crippen molar-refractivity contribution in [2.75, 3.05) is 5.73 Å². The van der Waals surface area contributed by atoms with Gasteiger partial charge in [0.2, 0.25) is 0 Å². The highest BCUT2D eigenvalue weighted by molar-refractivity contribution is 6.33. The van der Waals surface area contributed by atoms with Crippen LogP contribution in [-0.2, 0) is 0 Å². The van der Waals surface area contributed by atoms with Crippen LogP contribution in [0.3, 0.4) is 0 Å². The van der Waals surface area contributed by atoms with E-state index in [0.717, 1.165) is 5.56 Å². The van der Waals surface area contributed by atoms with Crippen molar-refractivity contribution in [1.82, 2.24) is 15.2 Å². The maximum absolute atomic E-state index is 5.84. The fourth-order valence-electron chi connectivity index (χ4n) is 1.08. The van der Waals surface area contributed by atoms with Gasteiger partial charge in [-0.1, -0.05) is 17.7 Å². The highest BCUT2D eigenvalue weighted by Gasteiger charge is 2.06. The number of H-pyrrole nitrogens is 1. The molecule has 13 heavy (non-hydrogen) atoms. The summed E-state index contributed by atoms with van der Waals surface area (Å²) < 4.78 is 0. The molecule has 0 unspecified atom stereocenters. The first-order valence-electron chi connectivity index (χ1n) is 3.69. The second-order valence-electron chi connectivity index (χ2n) is 2.54. The molecule has 1 aromatic carbocycles. The number of anilines is 1. The SMILES string of the molecule is Nc1c(Cl)cccc1-c1ncn[nH]1. The first kappa shape index (κ1) is 8.07. The van der Waals surface area contributed by atoms with Crippen LogP contribution in [0.15, 0.2) is 24.5 Å². The number of benzene rings is 1. The number of aromatic amines is 1. The first-order chi connectivity index (χ1) is 6.29. The Hall–Kier alpha value is -1.55. The third-order valence-electron chi connectivity index (χ3n) is 1.72. The molecular weight excluding hydrogens is 188 g/mol. The van der Waals surface area contributed by atoms with Crippen LogP contribution in [0.5, 0.6) is 0 Å². The lowest BCUT2D eigenvalue weighted by atomic mass is 10.2. The van der Waals surface area contributed by atoms with Crippen LogP contribution in [-0.4, -0.2) is 15.2 Å². The zero-order valence-electron chi connectivity index (χ0n) is 6.66. The first-order valence-corrected chi connectivity index (χ1v) is 4.06. The van der Waals surface area contributed by atoms with Crippen molar-refractivity contribution in [3.8, 4) is 11.4 Å². The van der Waals surface area contributed by atoms with Gasteiger partial charge in [-0.05, 0) is 12.1 Å². The van der Waals surface area contributed by atoms with Crippen LogP contribution in [0.2, 0.25) is 5.02 Å². The van der Waals surface area contributed by atoms with E-state index in [4.69, 9.17) is 17.3 Å². The van der Waals surface area contributed by atoms with Crippen molar-refractivity contribution < 1.29 is 0 Å². The van der Waals surface area contributed by atoms with Gasteiger partial charge in [0.25, 0.3) is 0 Å². The molecule has 0 radical (unpaired) electrons. The molecule has 4 nitrogen and oxygen atoms in total. The summed E-state index contributed by atoms with van der Waals surface area (Å²) >= 11 is 5.84. The summed E-state index contributed by atoms with van der Waals surface area (Å²) in [5.41, 5.74) is 7.04. The molecule has 5 heteroatoms. The van der Waals surface area contributed by atoms with Gasteiger partial charge < -0.3 is 5.73 Å². The molecule has 0 fully saturated rings. The van der Waals surface area contributed by atoms with E-state index < -0.39 is 0 Å². The Labute approximate surface area is 79.7 Å². The molecule has 1 aromatic heterocycles. The van der Waals surface area contributed by atoms with E-state index in [1.807, 2.05) is 12.1 Å². The summed E-state index contributed by atoms with van der Waals surface area (Å²) in [7, 11) is 0. The molecule has 66 valence electrons. The van der Waals surface area contributed by atoms with Crippen molar-refractivity contribution in [2.45, 2.75) is 0 Å². The molecule has 0 aliphatic carbocycles. The summed E-state index contributed by atoms with van der Waals surface area (Å²) in [6.07, 6.45) is 1.43. The third kappa shape index (κ3) is 1.36. The van der Waals surface area contributed by atoms with Crippen molar-refractivity contribution in [2.24, 2.45) is 0 Å². The van der Waals surface area contributed by atoms with Gasteiger partial charge in [-0.3, -0.25) is 5.10 Å². The molecule has 0 saturated carbocycles. The normalized spacial score (nSPS) is 10.2. The predicted molar refractivity (Wildman–Crippen MR) is 51.2 cm³/mol. The van der Waals surface area contributed by atoms with E-state index in [0.29, 0.717) is 16.5 Å². The quantitative estimate of drug-likeness (QED) is 0.679. The second-order valence-corrected chi connectivity index (χ2v) is 2.94. The molecular formula is C8H7ClN4. The van der Waals surface area contributed by atoms with Crippen LogP contribution in [0.1, 0.15) is 0 Å². The fraction of sp³-hybridized carbons (Fsp3) is 0. The van der Waals surface area contributed by atoms with Gasteiger partial charge in [0, 0.05) is 5.56 Å². The topological polar surface area (TPSA) is 67.6 Å². The summed E-state index contributed by atoms with van der Waals surface area (Å²) in [5, 5.41) is 6.98. The van der Waals surface area contributed by atoms with Crippen molar-refractivity contribution in [3.05, 3.63) is 29.5 Å². The summed E-state index contributed by atoms with van der Waals surface area (Å²) in [4.78, 5) is 3.98. The molecule has 0 bridgehead atoms. The molecule has 0 amide bonds. The van der Waals surface area contributed by atoms with Gasteiger partial charge in [-0.25, -0.2) is 4.98 Å². The number of halogens is 1. The predicted octanol–water partition coefficient (Wildman–Crippen LogP) is 1.71. The number of para-hydroxylation sites is 1. The molecule has 2 aromatic rings. The molecule has 3 N–H and O–H groups in total. The fourth-order valence-corrected chi connectivity index (χ4v) is 1.25. The summed E-state index contributed by atoms with van der Waals surface area (Å²) in [5.74, 6) is 0.625. The van der Waals surface area contributed by atoms with Gasteiger partial charge in [0.15, 0.2) is 5.82 Å². The summed E-state index contributed by atoms with van der Waals surface area (Å²) in [6.45, 7) is 0. The lowest BCUT2D eigenvalue weighted by Gasteiger charge is -2.02. The number of nitrogens with two attached hydrogens (primary N) is 1. The minimum Gasteiger partial charge on any atom is -0.397 e. The van der Waals surface area contributed by atoms with E-state index in [9.17, 15) is 0 Å². The largest absolute Gasteiger partial charge is 0.397 e. The summed E-state index contributed by atoms with van der Waals surface area (Å²) in [6, 6.07) is 5.38. The highest BCUT2D eigenvalue weighted by Crippen LogP contribution is 2.28. The van der Waals surface area contributed by atoms with E-state index in [1.54, 1.807) is 6.07 Å².